The molecule has 0 atom stereocenters. The van der Waals surface area contributed by atoms with Crippen LogP contribution in [0.15, 0.2) is 24.3 Å². The molecule has 0 aliphatic carbocycles. The van der Waals surface area contributed by atoms with Crippen LogP contribution in [0.25, 0.3) is 0 Å². The number of aliphatic hydroxyl groups excluding tert-OH is 1. The van der Waals surface area contributed by atoms with Crippen molar-refractivity contribution in [1.82, 2.24) is 4.90 Å². The normalized spacial score (nSPS) is 10.9. The quantitative estimate of drug-likeness (QED) is 0.728. The van der Waals surface area contributed by atoms with Gasteiger partial charge in [0, 0.05) is 13.2 Å². The largest absolute Gasteiger partial charge is 0.396 e. The molecule has 2 nitrogen and oxygen atoms in total. The van der Waals surface area contributed by atoms with Gasteiger partial charge in [0.2, 0.25) is 0 Å². The van der Waals surface area contributed by atoms with Crippen LogP contribution < -0.4 is 0 Å². The molecule has 0 aliphatic rings. The summed E-state index contributed by atoms with van der Waals surface area (Å²) >= 11 is 0. The van der Waals surface area contributed by atoms with E-state index in [4.69, 9.17) is 5.11 Å². The summed E-state index contributed by atoms with van der Waals surface area (Å²) in [6.45, 7) is 1.92. The number of benzene rings is 1. The van der Waals surface area contributed by atoms with Crippen LogP contribution in [0.1, 0.15) is 18.4 Å². The third-order valence-electron chi connectivity index (χ3n) is 2.29. The minimum absolute atomic E-state index is 0.184. The maximum absolute atomic E-state index is 12.9. The molecule has 0 saturated heterocycles. The fourth-order valence-electron chi connectivity index (χ4n) is 1.52. The summed E-state index contributed by atoms with van der Waals surface area (Å²) in [4.78, 5) is 2.13. The van der Waals surface area contributed by atoms with Crippen LogP contribution in [0.2, 0.25) is 0 Å². The summed E-state index contributed by atoms with van der Waals surface area (Å²) in [5.74, 6) is -0.184. The van der Waals surface area contributed by atoms with Crippen molar-refractivity contribution in [2.75, 3.05) is 20.2 Å². The Balaban J connectivity index is 2.34. The predicted octanol–water partition coefficient (Wildman–Crippen LogP) is 2.03. The van der Waals surface area contributed by atoms with Gasteiger partial charge in [-0.25, -0.2) is 4.39 Å². The highest BCUT2D eigenvalue weighted by Gasteiger charge is 2.00. The van der Waals surface area contributed by atoms with E-state index in [2.05, 4.69) is 4.90 Å². The zero-order chi connectivity index (χ0) is 11.1. The first kappa shape index (κ1) is 12.1. The molecule has 0 bridgehead atoms. The topological polar surface area (TPSA) is 23.5 Å². The molecule has 1 N–H and O–H groups in total. The molecule has 0 unspecified atom stereocenters. The Hall–Kier alpha value is -0.930. The highest BCUT2D eigenvalue weighted by atomic mass is 19.1. The summed E-state index contributed by atoms with van der Waals surface area (Å²) in [6, 6.07) is 6.66. The number of halogens is 1. The van der Waals surface area contributed by atoms with Gasteiger partial charge in [0.25, 0.3) is 0 Å². The van der Waals surface area contributed by atoms with Gasteiger partial charge in [0.05, 0.1) is 0 Å². The molecule has 0 saturated carbocycles. The monoisotopic (exact) mass is 211 g/mol. The number of hydrogen-bond donors (Lipinski definition) is 1. The molecule has 0 amide bonds. The smallest absolute Gasteiger partial charge is 0.123 e. The zero-order valence-electron chi connectivity index (χ0n) is 9.12. The van der Waals surface area contributed by atoms with E-state index in [1.165, 1.54) is 6.07 Å². The lowest BCUT2D eigenvalue weighted by Gasteiger charge is -2.16. The zero-order valence-corrected chi connectivity index (χ0v) is 9.12. The molecule has 1 aromatic rings. The van der Waals surface area contributed by atoms with E-state index in [9.17, 15) is 4.39 Å². The number of aliphatic hydroxyl groups is 1. The second-order valence-electron chi connectivity index (χ2n) is 3.80. The van der Waals surface area contributed by atoms with Crippen molar-refractivity contribution in [2.45, 2.75) is 19.4 Å². The molecule has 0 spiro atoms. The number of rotatable bonds is 6. The highest BCUT2D eigenvalue weighted by Crippen LogP contribution is 2.06. The molecule has 84 valence electrons. The van der Waals surface area contributed by atoms with Gasteiger partial charge in [-0.05, 0) is 44.1 Å². The van der Waals surface area contributed by atoms with Crippen LogP contribution in [0, 0.1) is 5.82 Å². The molecule has 0 aliphatic heterocycles. The van der Waals surface area contributed by atoms with Crippen molar-refractivity contribution in [1.29, 1.82) is 0 Å². The van der Waals surface area contributed by atoms with E-state index in [0.29, 0.717) is 0 Å². The Kier molecular flexibility index (Phi) is 5.29. The summed E-state index contributed by atoms with van der Waals surface area (Å²) in [6.07, 6.45) is 1.80. The van der Waals surface area contributed by atoms with Gasteiger partial charge in [-0.15, -0.1) is 0 Å². The number of unbranched alkanes of at least 4 members (excludes halogenated alkanes) is 1. The first-order valence-corrected chi connectivity index (χ1v) is 5.26. The molecule has 15 heavy (non-hydrogen) atoms. The van der Waals surface area contributed by atoms with Crippen molar-refractivity contribution in [3.63, 3.8) is 0 Å². The second kappa shape index (κ2) is 6.53. The maximum atomic E-state index is 12.9. The van der Waals surface area contributed by atoms with Gasteiger partial charge in [0.15, 0.2) is 0 Å². The van der Waals surface area contributed by atoms with Crippen molar-refractivity contribution < 1.29 is 9.50 Å². The van der Waals surface area contributed by atoms with E-state index in [-0.39, 0.29) is 12.4 Å². The van der Waals surface area contributed by atoms with Gasteiger partial charge in [-0.3, -0.25) is 0 Å². The van der Waals surface area contributed by atoms with Gasteiger partial charge < -0.3 is 10.0 Å². The second-order valence-corrected chi connectivity index (χ2v) is 3.80. The molecular formula is C12H18FNO. The van der Waals surface area contributed by atoms with Gasteiger partial charge in [0.1, 0.15) is 5.82 Å². The molecule has 3 heteroatoms. The van der Waals surface area contributed by atoms with Gasteiger partial charge >= 0.3 is 0 Å². The highest BCUT2D eigenvalue weighted by molar-refractivity contribution is 5.15. The van der Waals surface area contributed by atoms with Crippen molar-refractivity contribution in [3.8, 4) is 0 Å². The van der Waals surface area contributed by atoms with Crippen LogP contribution in [-0.4, -0.2) is 30.2 Å². The SMILES string of the molecule is CN(CCCCO)Cc1cccc(F)c1. The predicted molar refractivity (Wildman–Crippen MR) is 59.1 cm³/mol. The number of hydrogen-bond acceptors (Lipinski definition) is 2. The Morgan fingerprint density at radius 3 is 2.80 bits per heavy atom. The Bertz CT molecular complexity index is 291. The first-order valence-electron chi connectivity index (χ1n) is 5.26. The molecular weight excluding hydrogens is 193 g/mol. The average Bonchev–Trinajstić information content (AvgIpc) is 2.18. The first-order chi connectivity index (χ1) is 7.22. The minimum Gasteiger partial charge on any atom is -0.396 e. The lowest BCUT2D eigenvalue weighted by molar-refractivity contribution is 0.261. The third kappa shape index (κ3) is 4.91. The van der Waals surface area contributed by atoms with E-state index < -0.39 is 0 Å². The Morgan fingerprint density at radius 1 is 1.33 bits per heavy atom. The maximum Gasteiger partial charge on any atom is 0.123 e. The van der Waals surface area contributed by atoms with Crippen LogP contribution in [0.4, 0.5) is 4.39 Å². The fourth-order valence-corrected chi connectivity index (χ4v) is 1.52. The summed E-state index contributed by atoms with van der Waals surface area (Å²) in [7, 11) is 2.00. The summed E-state index contributed by atoms with van der Waals surface area (Å²) < 4.78 is 12.9. The van der Waals surface area contributed by atoms with E-state index in [1.54, 1.807) is 12.1 Å². The molecule has 0 radical (unpaired) electrons. The van der Waals surface area contributed by atoms with E-state index in [1.807, 2.05) is 13.1 Å². The van der Waals surface area contributed by atoms with E-state index >= 15 is 0 Å². The lowest BCUT2D eigenvalue weighted by Crippen LogP contribution is -2.19. The van der Waals surface area contributed by atoms with Crippen LogP contribution in [-0.2, 0) is 6.54 Å². The van der Waals surface area contributed by atoms with Crippen LogP contribution >= 0.6 is 0 Å². The van der Waals surface area contributed by atoms with Gasteiger partial charge in [-0.1, -0.05) is 12.1 Å². The summed E-state index contributed by atoms with van der Waals surface area (Å²) in [5, 5.41) is 8.64. The molecule has 0 heterocycles. The van der Waals surface area contributed by atoms with Gasteiger partial charge in [-0.2, -0.15) is 0 Å². The van der Waals surface area contributed by atoms with Crippen molar-refractivity contribution >= 4 is 0 Å². The lowest BCUT2D eigenvalue weighted by atomic mass is 10.2. The molecule has 0 fully saturated rings. The Morgan fingerprint density at radius 2 is 2.13 bits per heavy atom. The molecule has 1 aromatic carbocycles. The molecule has 0 aromatic heterocycles. The third-order valence-corrected chi connectivity index (χ3v) is 2.29. The fraction of sp³-hybridized carbons (Fsp3) is 0.500. The summed E-state index contributed by atoms with van der Waals surface area (Å²) in [5.41, 5.74) is 0.987. The molecule has 1 rings (SSSR count). The van der Waals surface area contributed by atoms with Crippen molar-refractivity contribution in [3.05, 3.63) is 35.6 Å². The standard InChI is InChI=1S/C12H18FNO/c1-14(7-2-3-8-15)10-11-5-4-6-12(13)9-11/h4-6,9,15H,2-3,7-8,10H2,1H3. The number of nitrogens with zero attached hydrogens (tertiary/aromatic N) is 1. The average molecular weight is 211 g/mol. The minimum atomic E-state index is -0.184. The van der Waals surface area contributed by atoms with Crippen molar-refractivity contribution in [2.24, 2.45) is 0 Å². The van der Waals surface area contributed by atoms with Crippen LogP contribution in [0.5, 0.6) is 0 Å². The van der Waals surface area contributed by atoms with E-state index in [0.717, 1.165) is 31.5 Å². The van der Waals surface area contributed by atoms with Crippen LogP contribution in [0.3, 0.4) is 0 Å². The Labute approximate surface area is 90.3 Å².